The van der Waals surface area contributed by atoms with Gasteiger partial charge in [0.2, 0.25) is 0 Å². The number of hydrogen-bond acceptors (Lipinski definition) is 2. The van der Waals surface area contributed by atoms with Crippen LogP contribution in [0, 0.1) is 0 Å². The largest absolute Gasteiger partial charge is 0.383 e. The summed E-state index contributed by atoms with van der Waals surface area (Å²) in [7, 11) is 0. The maximum atomic E-state index is 4.41. The monoisotopic (exact) mass is 341 g/mol. The third-order valence-electron chi connectivity index (χ3n) is 3.25. The van der Waals surface area contributed by atoms with Crippen LogP contribution in [0.4, 0.5) is 5.69 Å². The van der Waals surface area contributed by atoms with E-state index in [0.29, 0.717) is 0 Å². The van der Waals surface area contributed by atoms with Gasteiger partial charge in [-0.2, -0.15) is 5.10 Å². The molecule has 0 saturated heterocycles. The molecule has 1 aromatic heterocycles. The summed E-state index contributed by atoms with van der Waals surface area (Å²) in [4.78, 5) is 0. The van der Waals surface area contributed by atoms with Crippen LogP contribution in [-0.4, -0.2) is 16.3 Å². The standard InChI is InChI=1S/C17H16BrN3/c18-16-6-8-17(9-7-16)19-10-11-21-13-15(12-20-21)14-4-2-1-3-5-14/h1-9,12-13,19H,10-11H2. The minimum Gasteiger partial charge on any atom is -0.383 e. The quantitative estimate of drug-likeness (QED) is 0.744. The van der Waals surface area contributed by atoms with Crippen LogP contribution in [0.2, 0.25) is 0 Å². The second kappa shape index (κ2) is 6.59. The summed E-state index contributed by atoms with van der Waals surface area (Å²) in [5.74, 6) is 0. The number of aromatic nitrogens is 2. The highest BCUT2D eigenvalue weighted by Crippen LogP contribution is 2.17. The van der Waals surface area contributed by atoms with Crippen molar-refractivity contribution in [3.63, 3.8) is 0 Å². The first-order valence-corrected chi connectivity index (χ1v) is 7.68. The average molecular weight is 342 g/mol. The van der Waals surface area contributed by atoms with Crippen LogP contribution in [0.3, 0.4) is 0 Å². The molecule has 0 fully saturated rings. The summed E-state index contributed by atoms with van der Waals surface area (Å²) in [5, 5.41) is 7.79. The lowest BCUT2D eigenvalue weighted by atomic mass is 10.1. The first kappa shape index (κ1) is 13.9. The molecule has 0 atom stereocenters. The number of benzene rings is 2. The number of anilines is 1. The van der Waals surface area contributed by atoms with Gasteiger partial charge in [-0.1, -0.05) is 46.3 Å². The fraction of sp³-hybridized carbons (Fsp3) is 0.118. The van der Waals surface area contributed by atoms with E-state index in [1.54, 1.807) is 0 Å². The number of nitrogens with one attached hydrogen (secondary N) is 1. The van der Waals surface area contributed by atoms with E-state index >= 15 is 0 Å². The zero-order chi connectivity index (χ0) is 14.5. The number of nitrogens with zero attached hydrogens (tertiary/aromatic N) is 2. The van der Waals surface area contributed by atoms with Crippen molar-refractivity contribution in [2.24, 2.45) is 0 Å². The van der Waals surface area contributed by atoms with E-state index < -0.39 is 0 Å². The molecular weight excluding hydrogens is 326 g/mol. The molecule has 0 aliphatic rings. The molecule has 0 spiro atoms. The van der Waals surface area contributed by atoms with E-state index in [0.717, 1.165) is 28.8 Å². The van der Waals surface area contributed by atoms with Crippen LogP contribution in [0.1, 0.15) is 0 Å². The van der Waals surface area contributed by atoms with Crippen molar-refractivity contribution in [3.05, 3.63) is 71.5 Å². The molecule has 106 valence electrons. The van der Waals surface area contributed by atoms with Crippen molar-refractivity contribution in [2.45, 2.75) is 6.54 Å². The summed E-state index contributed by atoms with van der Waals surface area (Å²) in [6.07, 6.45) is 3.99. The molecule has 0 amide bonds. The van der Waals surface area contributed by atoms with E-state index in [1.165, 1.54) is 5.56 Å². The lowest BCUT2D eigenvalue weighted by Gasteiger charge is -2.06. The maximum Gasteiger partial charge on any atom is 0.0582 e. The molecule has 21 heavy (non-hydrogen) atoms. The highest BCUT2D eigenvalue weighted by molar-refractivity contribution is 9.10. The summed E-state index contributed by atoms with van der Waals surface area (Å²) in [5.41, 5.74) is 3.47. The van der Waals surface area contributed by atoms with Crippen LogP contribution < -0.4 is 5.32 Å². The molecular formula is C17H16BrN3. The van der Waals surface area contributed by atoms with Gasteiger partial charge in [-0.3, -0.25) is 4.68 Å². The second-order valence-corrected chi connectivity index (χ2v) is 5.71. The van der Waals surface area contributed by atoms with Gasteiger partial charge in [0, 0.05) is 28.5 Å². The molecule has 0 unspecified atom stereocenters. The van der Waals surface area contributed by atoms with Gasteiger partial charge < -0.3 is 5.32 Å². The smallest absolute Gasteiger partial charge is 0.0582 e. The van der Waals surface area contributed by atoms with Gasteiger partial charge >= 0.3 is 0 Å². The Kier molecular flexibility index (Phi) is 4.36. The third kappa shape index (κ3) is 3.73. The van der Waals surface area contributed by atoms with Crippen molar-refractivity contribution in [2.75, 3.05) is 11.9 Å². The third-order valence-corrected chi connectivity index (χ3v) is 3.78. The first-order valence-electron chi connectivity index (χ1n) is 6.88. The molecule has 2 aromatic carbocycles. The summed E-state index contributed by atoms with van der Waals surface area (Å²) >= 11 is 3.43. The molecule has 0 aliphatic carbocycles. The van der Waals surface area contributed by atoms with Crippen molar-refractivity contribution >= 4 is 21.6 Å². The Morgan fingerprint density at radius 1 is 0.952 bits per heavy atom. The Hall–Kier alpha value is -2.07. The SMILES string of the molecule is Brc1ccc(NCCn2cc(-c3ccccc3)cn2)cc1. The topological polar surface area (TPSA) is 29.9 Å². The van der Waals surface area contributed by atoms with Gasteiger partial charge in [-0.05, 0) is 29.8 Å². The highest BCUT2D eigenvalue weighted by Gasteiger charge is 2.00. The Bertz CT molecular complexity index is 690. The fourth-order valence-electron chi connectivity index (χ4n) is 2.15. The minimum atomic E-state index is 0.836. The van der Waals surface area contributed by atoms with E-state index in [4.69, 9.17) is 0 Å². The summed E-state index contributed by atoms with van der Waals surface area (Å²) < 4.78 is 3.06. The Morgan fingerprint density at radius 3 is 2.48 bits per heavy atom. The molecule has 4 heteroatoms. The molecule has 0 bridgehead atoms. The predicted molar refractivity (Wildman–Crippen MR) is 90.3 cm³/mol. The Labute approximate surface area is 132 Å². The number of halogens is 1. The molecule has 3 aromatic rings. The molecule has 0 aliphatic heterocycles. The van der Waals surface area contributed by atoms with Gasteiger partial charge in [-0.25, -0.2) is 0 Å². The molecule has 0 saturated carbocycles. The van der Waals surface area contributed by atoms with E-state index in [-0.39, 0.29) is 0 Å². The Balaban J connectivity index is 1.57. The van der Waals surface area contributed by atoms with Gasteiger partial charge in [-0.15, -0.1) is 0 Å². The zero-order valence-corrected chi connectivity index (χ0v) is 13.1. The number of hydrogen-bond donors (Lipinski definition) is 1. The van der Waals surface area contributed by atoms with Crippen molar-refractivity contribution in [1.82, 2.24) is 9.78 Å². The Morgan fingerprint density at radius 2 is 1.71 bits per heavy atom. The zero-order valence-electron chi connectivity index (χ0n) is 11.5. The fourth-order valence-corrected chi connectivity index (χ4v) is 2.41. The van der Waals surface area contributed by atoms with Gasteiger partial charge in [0.25, 0.3) is 0 Å². The van der Waals surface area contributed by atoms with Gasteiger partial charge in [0.1, 0.15) is 0 Å². The minimum absolute atomic E-state index is 0.836. The van der Waals surface area contributed by atoms with Crippen molar-refractivity contribution < 1.29 is 0 Å². The molecule has 3 rings (SSSR count). The normalized spacial score (nSPS) is 10.5. The molecule has 1 heterocycles. The van der Waals surface area contributed by atoms with Gasteiger partial charge in [0.05, 0.1) is 12.7 Å². The van der Waals surface area contributed by atoms with Crippen molar-refractivity contribution in [3.8, 4) is 11.1 Å². The molecule has 3 nitrogen and oxygen atoms in total. The second-order valence-electron chi connectivity index (χ2n) is 4.79. The summed E-state index contributed by atoms with van der Waals surface area (Å²) in [6.45, 7) is 1.68. The van der Waals surface area contributed by atoms with E-state index in [2.05, 4.69) is 56.8 Å². The van der Waals surface area contributed by atoms with Crippen LogP contribution in [0.15, 0.2) is 71.5 Å². The van der Waals surface area contributed by atoms with E-state index in [9.17, 15) is 0 Å². The first-order chi connectivity index (χ1) is 10.3. The van der Waals surface area contributed by atoms with Crippen molar-refractivity contribution in [1.29, 1.82) is 0 Å². The molecule has 1 N–H and O–H groups in total. The lowest BCUT2D eigenvalue weighted by molar-refractivity contribution is 0.638. The highest BCUT2D eigenvalue weighted by atomic mass is 79.9. The van der Waals surface area contributed by atoms with Crippen LogP contribution in [0.25, 0.3) is 11.1 Å². The average Bonchev–Trinajstić information content (AvgIpc) is 2.99. The van der Waals surface area contributed by atoms with Gasteiger partial charge in [0.15, 0.2) is 0 Å². The number of rotatable bonds is 5. The predicted octanol–water partition coefficient (Wildman–Crippen LogP) is 4.42. The lowest BCUT2D eigenvalue weighted by Crippen LogP contribution is -2.10. The van der Waals surface area contributed by atoms with Crippen LogP contribution in [0.5, 0.6) is 0 Å². The van der Waals surface area contributed by atoms with Crippen LogP contribution in [-0.2, 0) is 6.54 Å². The maximum absolute atomic E-state index is 4.41. The van der Waals surface area contributed by atoms with Crippen LogP contribution >= 0.6 is 15.9 Å². The molecule has 0 radical (unpaired) electrons. The van der Waals surface area contributed by atoms with E-state index in [1.807, 2.05) is 41.2 Å². The summed E-state index contributed by atoms with van der Waals surface area (Å²) in [6, 6.07) is 18.5.